The Balaban J connectivity index is 1.94. The van der Waals surface area contributed by atoms with Crippen molar-refractivity contribution in [1.29, 1.82) is 0 Å². The maximum absolute atomic E-state index is 12.9. The van der Waals surface area contributed by atoms with Gasteiger partial charge in [0.1, 0.15) is 6.17 Å². The summed E-state index contributed by atoms with van der Waals surface area (Å²) < 4.78 is 22.8. The monoisotopic (exact) mass is 215 g/mol. The highest BCUT2D eigenvalue weighted by Gasteiger charge is 2.29. The SMILES string of the molecule is COCCc1noc([C@H]2C[C@@H](F)CN2)n1. The summed E-state index contributed by atoms with van der Waals surface area (Å²) in [6.45, 7) is 0.920. The summed E-state index contributed by atoms with van der Waals surface area (Å²) in [6, 6.07) is -0.135. The van der Waals surface area contributed by atoms with E-state index >= 15 is 0 Å². The van der Waals surface area contributed by atoms with Gasteiger partial charge < -0.3 is 14.6 Å². The van der Waals surface area contributed by atoms with Gasteiger partial charge in [-0.3, -0.25) is 0 Å². The van der Waals surface area contributed by atoms with E-state index in [9.17, 15) is 4.39 Å². The summed E-state index contributed by atoms with van der Waals surface area (Å²) in [5.41, 5.74) is 0. The molecule has 0 unspecified atom stereocenters. The number of ether oxygens (including phenoxy) is 1. The van der Waals surface area contributed by atoms with Gasteiger partial charge in [0.05, 0.1) is 12.6 Å². The Labute approximate surface area is 87.0 Å². The van der Waals surface area contributed by atoms with Crippen molar-refractivity contribution in [1.82, 2.24) is 15.5 Å². The lowest BCUT2D eigenvalue weighted by Crippen LogP contribution is -2.14. The van der Waals surface area contributed by atoms with Gasteiger partial charge in [-0.25, -0.2) is 4.39 Å². The molecule has 1 aliphatic rings. The molecule has 0 saturated carbocycles. The van der Waals surface area contributed by atoms with Crippen LogP contribution in [0.5, 0.6) is 0 Å². The quantitative estimate of drug-likeness (QED) is 0.798. The Morgan fingerprint density at radius 3 is 3.20 bits per heavy atom. The van der Waals surface area contributed by atoms with E-state index in [4.69, 9.17) is 9.26 Å². The van der Waals surface area contributed by atoms with E-state index in [1.807, 2.05) is 0 Å². The molecule has 1 fully saturated rings. The molecule has 0 amide bonds. The molecule has 0 spiro atoms. The Kier molecular flexibility index (Phi) is 3.27. The van der Waals surface area contributed by atoms with Crippen molar-refractivity contribution < 1.29 is 13.7 Å². The van der Waals surface area contributed by atoms with Crippen LogP contribution in [-0.4, -0.2) is 36.6 Å². The van der Waals surface area contributed by atoms with Crippen molar-refractivity contribution in [3.8, 4) is 0 Å². The van der Waals surface area contributed by atoms with Gasteiger partial charge in [0.2, 0.25) is 5.89 Å². The molecule has 6 heteroatoms. The predicted molar refractivity (Wildman–Crippen MR) is 50.1 cm³/mol. The molecule has 1 aliphatic heterocycles. The van der Waals surface area contributed by atoms with Crippen molar-refractivity contribution in [2.45, 2.75) is 25.1 Å². The fraction of sp³-hybridized carbons (Fsp3) is 0.778. The highest BCUT2D eigenvalue weighted by atomic mass is 19.1. The lowest BCUT2D eigenvalue weighted by Gasteiger charge is -2.00. The molecular formula is C9H14FN3O2. The van der Waals surface area contributed by atoms with E-state index in [1.165, 1.54) is 0 Å². The van der Waals surface area contributed by atoms with Crippen LogP contribution in [0.2, 0.25) is 0 Å². The molecule has 15 heavy (non-hydrogen) atoms. The molecule has 0 radical (unpaired) electrons. The third-order valence-electron chi connectivity index (χ3n) is 2.39. The summed E-state index contributed by atoms with van der Waals surface area (Å²) in [7, 11) is 1.62. The Morgan fingerprint density at radius 2 is 2.53 bits per heavy atom. The number of hydrogen-bond donors (Lipinski definition) is 1. The molecular weight excluding hydrogens is 201 g/mol. The highest BCUT2D eigenvalue weighted by Crippen LogP contribution is 2.23. The zero-order chi connectivity index (χ0) is 10.7. The lowest BCUT2D eigenvalue weighted by atomic mass is 10.2. The van der Waals surface area contributed by atoms with E-state index in [1.54, 1.807) is 7.11 Å². The Hall–Kier alpha value is -1.01. The van der Waals surface area contributed by atoms with Crippen molar-refractivity contribution in [2.24, 2.45) is 0 Å². The number of nitrogens with zero attached hydrogens (tertiary/aromatic N) is 2. The molecule has 0 aromatic carbocycles. The van der Waals surface area contributed by atoms with Gasteiger partial charge in [0.15, 0.2) is 5.82 Å². The van der Waals surface area contributed by atoms with Crippen LogP contribution in [0.1, 0.15) is 24.2 Å². The fourth-order valence-corrected chi connectivity index (χ4v) is 1.58. The van der Waals surface area contributed by atoms with Crippen LogP contribution < -0.4 is 5.32 Å². The summed E-state index contributed by atoms with van der Waals surface area (Å²) in [5, 5.41) is 6.78. The maximum Gasteiger partial charge on any atom is 0.243 e. The van der Waals surface area contributed by atoms with E-state index in [2.05, 4.69) is 15.5 Å². The van der Waals surface area contributed by atoms with Crippen LogP contribution >= 0.6 is 0 Å². The summed E-state index contributed by atoms with van der Waals surface area (Å²) >= 11 is 0. The average molecular weight is 215 g/mol. The first kappa shape index (κ1) is 10.5. The number of hydrogen-bond acceptors (Lipinski definition) is 5. The predicted octanol–water partition coefficient (Wildman–Crippen LogP) is 0.631. The third kappa shape index (κ3) is 2.51. The Morgan fingerprint density at radius 1 is 1.67 bits per heavy atom. The number of nitrogens with one attached hydrogen (secondary N) is 1. The number of rotatable bonds is 4. The fourth-order valence-electron chi connectivity index (χ4n) is 1.58. The molecule has 2 rings (SSSR count). The molecule has 2 heterocycles. The second-order valence-corrected chi connectivity index (χ2v) is 3.59. The van der Waals surface area contributed by atoms with E-state index in [-0.39, 0.29) is 6.04 Å². The standard InChI is InChI=1S/C9H14FN3O2/c1-14-3-2-8-12-9(15-13-8)7-4-6(10)5-11-7/h6-7,11H,2-5H2,1H3/t6-,7-/m1/s1. The van der Waals surface area contributed by atoms with Crippen molar-refractivity contribution in [2.75, 3.05) is 20.3 Å². The molecule has 5 nitrogen and oxygen atoms in total. The normalized spacial score (nSPS) is 26.0. The highest BCUT2D eigenvalue weighted by molar-refractivity contribution is 4.97. The van der Waals surface area contributed by atoms with Gasteiger partial charge >= 0.3 is 0 Å². The molecule has 0 bridgehead atoms. The van der Waals surface area contributed by atoms with Gasteiger partial charge in [-0.1, -0.05) is 5.16 Å². The minimum absolute atomic E-state index is 0.135. The van der Waals surface area contributed by atoms with Crippen LogP contribution in [0.15, 0.2) is 4.52 Å². The maximum atomic E-state index is 12.9. The third-order valence-corrected chi connectivity index (χ3v) is 2.39. The van der Waals surface area contributed by atoms with Crippen LogP contribution in [-0.2, 0) is 11.2 Å². The van der Waals surface area contributed by atoms with Gasteiger partial charge in [0.25, 0.3) is 0 Å². The first-order valence-electron chi connectivity index (χ1n) is 4.98. The number of alkyl halides is 1. The zero-order valence-electron chi connectivity index (χ0n) is 8.57. The molecule has 2 atom stereocenters. The minimum Gasteiger partial charge on any atom is -0.384 e. The molecule has 0 aliphatic carbocycles. The first-order valence-corrected chi connectivity index (χ1v) is 4.98. The van der Waals surface area contributed by atoms with Gasteiger partial charge in [-0.05, 0) is 0 Å². The molecule has 1 aromatic heterocycles. The van der Waals surface area contributed by atoms with Crippen molar-refractivity contribution in [3.63, 3.8) is 0 Å². The lowest BCUT2D eigenvalue weighted by molar-refractivity contribution is 0.199. The summed E-state index contributed by atoms with van der Waals surface area (Å²) in [5.74, 6) is 1.08. The van der Waals surface area contributed by atoms with Crippen molar-refractivity contribution in [3.05, 3.63) is 11.7 Å². The molecule has 1 saturated heterocycles. The first-order chi connectivity index (χ1) is 7.29. The molecule has 1 aromatic rings. The smallest absolute Gasteiger partial charge is 0.243 e. The van der Waals surface area contributed by atoms with Gasteiger partial charge in [0, 0.05) is 26.5 Å². The summed E-state index contributed by atoms with van der Waals surface area (Å²) in [6.07, 6.45) is 0.210. The summed E-state index contributed by atoms with van der Waals surface area (Å²) in [4.78, 5) is 4.18. The zero-order valence-corrected chi connectivity index (χ0v) is 8.57. The minimum atomic E-state index is -0.815. The van der Waals surface area contributed by atoms with Gasteiger partial charge in [-0.2, -0.15) is 4.98 Å². The molecule has 1 N–H and O–H groups in total. The number of aromatic nitrogens is 2. The number of methoxy groups -OCH3 is 1. The second-order valence-electron chi connectivity index (χ2n) is 3.59. The van der Waals surface area contributed by atoms with E-state index in [0.717, 1.165) is 0 Å². The largest absolute Gasteiger partial charge is 0.384 e. The average Bonchev–Trinajstić information content (AvgIpc) is 2.83. The van der Waals surface area contributed by atoms with Gasteiger partial charge in [-0.15, -0.1) is 0 Å². The van der Waals surface area contributed by atoms with Crippen LogP contribution in [0.25, 0.3) is 0 Å². The van der Waals surface area contributed by atoms with E-state index in [0.29, 0.717) is 37.7 Å². The van der Waals surface area contributed by atoms with Crippen LogP contribution in [0, 0.1) is 0 Å². The molecule has 84 valence electrons. The second kappa shape index (κ2) is 4.67. The van der Waals surface area contributed by atoms with E-state index < -0.39 is 6.17 Å². The number of halogens is 1. The Bertz CT molecular complexity index is 318. The van der Waals surface area contributed by atoms with Crippen LogP contribution in [0.3, 0.4) is 0 Å². The van der Waals surface area contributed by atoms with Crippen LogP contribution in [0.4, 0.5) is 4.39 Å². The topological polar surface area (TPSA) is 60.2 Å². The van der Waals surface area contributed by atoms with Crippen molar-refractivity contribution >= 4 is 0 Å².